The maximum absolute atomic E-state index is 13.4. The van der Waals surface area contributed by atoms with Crippen molar-refractivity contribution in [2.24, 2.45) is 7.05 Å². The summed E-state index contributed by atoms with van der Waals surface area (Å²) in [5.74, 6) is 0. The van der Waals surface area contributed by atoms with Crippen molar-refractivity contribution in [1.82, 2.24) is 24.6 Å². The highest BCUT2D eigenvalue weighted by molar-refractivity contribution is 5.89. The van der Waals surface area contributed by atoms with Crippen LogP contribution in [0.1, 0.15) is 52.1 Å². The van der Waals surface area contributed by atoms with Gasteiger partial charge >= 0.3 is 0 Å². The lowest BCUT2D eigenvalue weighted by Crippen LogP contribution is -2.58. The number of nitrogens with one attached hydrogen (secondary N) is 1. The average molecular weight is 430 g/mol. The molecule has 1 aliphatic rings. The van der Waals surface area contributed by atoms with Crippen molar-refractivity contribution in [3.63, 3.8) is 0 Å². The summed E-state index contributed by atoms with van der Waals surface area (Å²) in [7, 11) is 1.94. The largest absolute Gasteiger partial charge is 0.307 e. The molecule has 2 aromatic heterocycles. The van der Waals surface area contributed by atoms with E-state index in [4.69, 9.17) is 4.98 Å². The van der Waals surface area contributed by atoms with Gasteiger partial charge in [0.1, 0.15) is 0 Å². The Morgan fingerprint density at radius 3 is 2.47 bits per heavy atom. The van der Waals surface area contributed by atoms with Crippen LogP contribution in [0, 0.1) is 6.92 Å². The maximum atomic E-state index is 13.4. The number of aryl methyl sites for hydroxylation is 2. The SMILES string of the molecule is Cc1cc(-c2ccc3c(=O)n(C4CC(C)(C)NC(C)(C)C4)cnc3c2)cc2cn(C)nc12. The summed E-state index contributed by atoms with van der Waals surface area (Å²) in [6, 6.07) is 10.4. The second-order valence-corrected chi connectivity index (χ2v) is 10.7. The molecule has 0 aliphatic carbocycles. The molecule has 3 heterocycles. The number of aromatic nitrogens is 4. The van der Waals surface area contributed by atoms with Crippen LogP contribution in [0.5, 0.6) is 0 Å². The number of nitrogens with zero attached hydrogens (tertiary/aromatic N) is 4. The number of piperidine rings is 1. The van der Waals surface area contributed by atoms with Crippen molar-refractivity contribution in [2.75, 3.05) is 0 Å². The van der Waals surface area contributed by atoms with Crippen LogP contribution >= 0.6 is 0 Å². The van der Waals surface area contributed by atoms with Crippen molar-refractivity contribution in [3.05, 3.63) is 58.8 Å². The van der Waals surface area contributed by atoms with Crippen LogP contribution in [0.25, 0.3) is 32.9 Å². The third-order valence-electron chi connectivity index (χ3n) is 6.59. The van der Waals surface area contributed by atoms with Gasteiger partial charge in [0.05, 0.1) is 22.7 Å². The van der Waals surface area contributed by atoms with Gasteiger partial charge in [0.2, 0.25) is 0 Å². The lowest BCUT2D eigenvalue weighted by molar-refractivity contribution is 0.130. The van der Waals surface area contributed by atoms with Crippen LogP contribution in [0.15, 0.2) is 47.7 Å². The zero-order valence-corrected chi connectivity index (χ0v) is 19.7. The van der Waals surface area contributed by atoms with Gasteiger partial charge in [0.25, 0.3) is 5.56 Å². The molecule has 4 aromatic rings. The van der Waals surface area contributed by atoms with Gasteiger partial charge in [0, 0.05) is 35.8 Å². The minimum atomic E-state index is -0.0343. The minimum Gasteiger partial charge on any atom is -0.307 e. The van der Waals surface area contributed by atoms with Gasteiger partial charge in [-0.25, -0.2) is 4.98 Å². The lowest BCUT2D eigenvalue weighted by atomic mass is 9.79. The second kappa shape index (κ2) is 7.01. The van der Waals surface area contributed by atoms with Crippen molar-refractivity contribution in [2.45, 2.75) is 64.6 Å². The van der Waals surface area contributed by atoms with Crippen molar-refractivity contribution >= 4 is 21.8 Å². The summed E-state index contributed by atoms with van der Waals surface area (Å²) in [6.07, 6.45) is 5.57. The molecule has 166 valence electrons. The highest BCUT2D eigenvalue weighted by Crippen LogP contribution is 2.35. The van der Waals surface area contributed by atoms with Gasteiger partial charge in [-0.15, -0.1) is 0 Å². The van der Waals surface area contributed by atoms with E-state index in [1.54, 1.807) is 6.33 Å². The van der Waals surface area contributed by atoms with Crippen molar-refractivity contribution < 1.29 is 0 Å². The quantitative estimate of drug-likeness (QED) is 0.500. The standard InChI is InChI=1S/C26H31N5O/c1-16-9-18(10-19-14-30(6)28-23(16)19)17-7-8-21-22(11-17)27-15-31(24(21)32)20-12-25(2,3)29-26(4,5)13-20/h7-11,14-15,20,29H,12-13H2,1-6H3. The van der Waals surface area contributed by atoms with Crippen LogP contribution in [0.3, 0.4) is 0 Å². The molecule has 1 N–H and O–H groups in total. The Morgan fingerprint density at radius 2 is 1.75 bits per heavy atom. The van der Waals surface area contributed by atoms with E-state index in [0.717, 1.165) is 46.0 Å². The van der Waals surface area contributed by atoms with E-state index in [2.05, 4.69) is 57.2 Å². The number of benzene rings is 2. The van der Waals surface area contributed by atoms with Gasteiger partial charge in [-0.2, -0.15) is 5.10 Å². The third kappa shape index (κ3) is 3.62. The number of rotatable bonds is 2. The van der Waals surface area contributed by atoms with Crippen LogP contribution in [-0.2, 0) is 7.05 Å². The highest BCUT2D eigenvalue weighted by Gasteiger charge is 2.38. The van der Waals surface area contributed by atoms with Crippen LogP contribution in [0.2, 0.25) is 0 Å². The van der Waals surface area contributed by atoms with Crippen molar-refractivity contribution in [3.8, 4) is 11.1 Å². The monoisotopic (exact) mass is 429 g/mol. The van der Waals surface area contributed by atoms with E-state index in [0.29, 0.717) is 5.39 Å². The first-order valence-corrected chi connectivity index (χ1v) is 11.3. The molecular weight excluding hydrogens is 398 g/mol. The first-order chi connectivity index (χ1) is 15.0. The first kappa shape index (κ1) is 20.9. The number of hydrogen-bond donors (Lipinski definition) is 1. The van der Waals surface area contributed by atoms with Crippen LogP contribution in [-0.4, -0.2) is 30.4 Å². The normalized spacial score (nSPS) is 18.4. The van der Waals surface area contributed by atoms with E-state index >= 15 is 0 Å². The predicted octanol–water partition coefficient (Wildman–Crippen LogP) is 4.74. The molecule has 0 amide bonds. The van der Waals surface area contributed by atoms with Crippen LogP contribution in [0.4, 0.5) is 0 Å². The number of hydrogen-bond acceptors (Lipinski definition) is 4. The second-order valence-electron chi connectivity index (χ2n) is 10.7. The lowest BCUT2D eigenvalue weighted by Gasteiger charge is -2.46. The average Bonchev–Trinajstić information content (AvgIpc) is 3.06. The molecule has 32 heavy (non-hydrogen) atoms. The van der Waals surface area contributed by atoms with Gasteiger partial charge in [0.15, 0.2) is 0 Å². The maximum Gasteiger partial charge on any atom is 0.261 e. The van der Waals surface area contributed by atoms with E-state index in [1.165, 1.54) is 0 Å². The zero-order chi connectivity index (χ0) is 22.8. The molecule has 5 rings (SSSR count). The molecule has 2 aromatic carbocycles. The summed E-state index contributed by atoms with van der Waals surface area (Å²) < 4.78 is 3.69. The Balaban J connectivity index is 1.56. The fraction of sp³-hybridized carbons (Fsp3) is 0.423. The van der Waals surface area contributed by atoms with Crippen molar-refractivity contribution in [1.29, 1.82) is 0 Å². The van der Waals surface area contributed by atoms with E-state index in [1.807, 2.05) is 40.7 Å². The highest BCUT2D eigenvalue weighted by atomic mass is 16.1. The summed E-state index contributed by atoms with van der Waals surface area (Å²) in [5.41, 5.74) is 5.03. The van der Waals surface area contributed by atoms with E-state index < -0.39 is 0 Å². The Labute approximate surface area is 188 Å². The number of fused-ring (bicyclic) bond motifs is 2. The van der Waals surface area contributed by atoms with Gasteiger partial charge in [-0.3, -0.25) is 14.0 Å². The first-order valence-electron chi connectivity index (χ1n) is 11.3. The molecule has 1 aliphatic heterocycles. The topological polar surface area (TPSA) is 64.7 Å². The van der Waals surface area contributed by atoms with E-state index in [9.17, 15) is 4.79 Å². The molecule has 1 saturated heterocycles. The fourth-order valence-electron chi connectivity index (χ4n) is 5.64. The molecule has 0 spiro atoms. The Kier molecular flexibility index (Phi) is 4.57. The molecular formula is C26H31N5O. The minimum absolute atomic E-state index is 0.0343. The van der Waals surface area contributed by atoms with Gasteiger partial charge in [-0.1, -0.05) is 6.07 Å². The molecule has 1 fully saturated rings. The smallest absolute Gasteiger partial charge is 0.261 e. The molecule has 6 nitrogen and oxygen atoms in total. The Morgan fingerprint density at radius 1 is 1.03 bits per heavy atom. The predicted molar refractivity (Wildman–Crippen MR) is 130 cm³/mol. The third-order valence-corrected chi connectivity index (χ3v) is 6.59. The Hall–Kier alpha value is -2.99. The molecule has 0 atom stereocenters. The zero-order valence-electron chi connectivity index (χ0n) is 19.7. The molecule has 0 unspecified atom stereocenters. The Bertz CT molecular complexity index is 1390. The fourth-order valence-corrected chi connectivity index (χ4v) is 5.64. The summed E-state index contributed by atoms with van der Waals surface area (Å²) >= 11 is 0. The molecule has 6 heteroatoms. The summed E-state index contributed by atoms with van der Waals surface area (Å²) in [5, 5.41) is 10.0. The van der Waals surface area contributed by atoms with Gasteiger partial charge in [-0.05, 0) is 88.4 Å². The molecule has 0 radical (unpaired) electrons. The molecule has 0 bridgehead atoms. The summed E-state index contributed by atoms with van der Waals surface area (Å²) in [4.78, 5) is 18.1. The van der Waals surface area contributed by atoms with Gasteiger partial charge < -0.3 is 5.32 Å². The molecule has 0 saturated carbocycles. The van der Waals surface area contributed by atoms with Crippen LogP contribution < -0.4 is 10.9 Å². The summed E-state index contributed by atoms with van der Waals surface area (Å²) in [6.45, 7) is 10.9. The van der Waals surface area contributed by atoms with E-state index in [-0.39, 0.29) is 22.7 Å².